The number of benzene rings is 1. The van der Waals surface area contributed by atoms with Gasteiger partial charge in [-0.2, -0.15) is 13.5 Å². The molecule has 12 heteroatoms. The number of aromatic nitrogens is 3. The summed E-state index contributed by atoms with van der Waals surface area (Å²) in [6, 6.07) is 5.63. The summed E-state index contributed by atoms with van der Waals surface area (Å²) in [7, 11) is 0. The summed E-state index contributed by atoms with van der Waals surface area (Å²) in [5.41, 5.74) is 1.11. The number of nitro groups is 1. The molecule has 9 nitrogen and oxygen atoms in total. The van der Waals surface area contributed by atoms with Crippen molar-refractivity contribution in [3.05, 3.63) is 40.1 Å². The van der Waals surface area contributed by atoms with E-state index in [0.717, 1.165) is 11.3 Å². The average molecular weight is 397 g/mol. The summed E-state index contributed by atoms with van der Waals surface area (Å²) >= 11 is 1.12. The lowest BCUT2D eigenvalue weighted by Gasteiger charge is -2.02. The van der Waals surface area contributed by atoms with Crippen LogP contribution in [-0.4, -0.2) is 32.2 Å². The summed E-state index contributed by atoms with van der Waals surface area (Å²) in [6.07, 6.45) is 0.0370. The molecule has 0 saturated carbocycles. The van der Waals surface area contributed by atoms with Crippen LogP contribution in [0.15, 0.2) is 24.3 Å². The zero-order chi connectivity index (χ0) is 19.6. The predicted molar refractivity (Wildman–Crippen MR) is 93.1 cm³/mol. The minimum atomic E-state index is -2.92. The number of alkyl halides is 2. The summed E-state index contributed by atoms with van der Waals surface area (Å²) < 4.78 is 30.8. The van der Waals surface area contributed by atoms with E-state index in [1.807, 2.05) is 0 Å². The number of rotatable bonds is 7. The molecule has 0 aliphatic carbocycles. The van der Waals surface area contributed by atoms with Crippen molar-refractivity contribution >= 4 is 38.4 Å². The first-order valence-electron chi connectivity index (χ1n) is 7.66. The number of anilines is 1. The number of fused-ring (bicyclic) bond motifs is 1. The number of hydrogen-bond acceptors (Lipinski definition) is 7. The van der Waals surface area contributed by atoms with Crippen molar-refractivity contribution in [1.29, 1.82) is 0 Å². The first-order chi connectivity index (χ1) is 12.8. The topological polar surface area (TPSA) is 112 Å². The van der Waals surface area contributed by atoms with E-state index in [9.17, 15) is 23.7 Å². The largest absolute Gasteiger partial charge is 0.435 e. The number of thiazole rings is 1. The lowest BCUT2D eigenvalue weighted by atomic mass is 10.3. The maximum Gasteiger partial charge on any atom is 0.390 e. The lowest BCUT2D eigenvalue weighted by Crippen LogP contribution is -2.15. The van der Waals surface area contributed by atoms with Gasteiger partial charge in [0.2, 0.25) is 5.91 Å². The Morgan fingerprint density at radius 1 is 1.44 bits per heavy atom. The molecule has 0 spiro atoms. The Morgan fingerprint density at radius 3 is 2.89 bits per heavy atom. The zero-order valence-corrected chi connectivity index (χ0v) is 14.7. The summed E-state index contributed by atoms with van der Waals surface area (Å²) in [5.74, 6) is -0.619. The van der Waals surface area contributed by atoms with Crippen LogP contribution in [0.2, 0.25) is 0 Å². The second-order valence-electron chi connectivity index (χ2n) is 5.45. The molecule has 0 radical (unpaired) electrons. The van der Waals surface area contributed by atoms with Crippen molar-refractivity contribution in [1.82, 2.24) is 14.8 Å². The van der Waals surface area contributed by atoms with Gasteiger partial charge in [-0.15, -0.1) is 0 Å². The fourth-order valence-corrected chi connectivity index (χ4v) is 3.24. The number of nitrogens with one attached hydrogen (secondary N) is 1. The number of hydrogen-bond donors (Lipinski definition) is 1. The first kappa shape index (κ1) is 18.6. The number of carbonyl (C=O) groups is 1. The molecule has 27 heavy (non-hydrogen) atoms. The number of ether oxygens (including phenoxy) is 1. The van der Waals surface area contributed by atoms with E-state index in [1.54, 1.807) is 6.92 Å². The van der Waals surface area contributed by atoms with Crippen LogP contribution in [0.1, 0.15) is 12.1 Å². The average Bonchev–Trinajstić information content (AvgIpc) is 3.14. The molecule has 0 saturated heterocycles. The van der Waals surface area contributed by atoms with Gasteiger partial charge in [0.15, 0.2) is 5.13 Å². The van der Waals surface area contributed by atoms with Crippen molar-refractivity contribution in [2.75, 3.05) is 5.32 Å². The van der Waals surface area contributed by atoms with Crippen molar-refractivity contribution in [2.24, 2.45) is 0 Å². The highest BCUT2D eigenvalue weighted by Gasteiger charge is 2.16. The van der Waals surface area contributed by atoms with Crippen molar-refractivity contribution in [2.45, 2.75) is 26.5 Å². The van der Waals surface area contributed by atoms with Crippen molar-refractivity contribution < 1.29 is 23.2 Å². The fourth-order valence-electron chi connectivity index (χ4n) is 2.33. The van der Waals surface area contributed by atoms with Gasteiger partial charge in [-0.1, -0.05) is 11.3 Å². The second kappa shape index (κ2) is 7.61. The minimum Gasteiger partial charge on any atom is -0.435 e. The smallest absolute Gasteiger partial charge is 0.390 e. The Morgan fingerprint density at radius 2 is 2.22 bits per heavy atom. The molecular formula is C15H13F2N5O4S. The van der Waals surface area contributed by atoms with Gasteiger partial charge in [0.1, 0.15) is 5.75 Å². The monoisotopic (exact) mass is 397 g/mol. The lowest BCUT2D eigenvalue weighted by molar-refractivity contribution is -0.389. The molecule has 1 aromatic carbocycles. The van der Waals surface area contributed by atoms with Crippen LogP contribution in [-0.2, 0) is 11.3 Å². The molecule has 0 bridgehead atoms. The summed E-state index contributed by atoms with van der Waals surface area (Å²) in [4.78, 5) is 26.4. The van der Waals surface area contributed by atoms with Gasteiger partial charge in [0.05, 0.1) is 33.6 Å². The quantitative estimate of drug-likeness (QED) is 0.483. The zero-order valence-electron chi connectivity index (χ0n) is 13.9. The molecule has 0 unspecified atom stereocenters. The van der Waals surface area contributed by atoms with E-state index < -0.39 is 11.5 Å². The highest BCUT2D eigenvalue weighted by atomic mass is 32.1. The van der Waals surface area contributed by atoms with Gasteiger partial charge in [-0.3, -0.25) is 4.79 Å². The molecule has 0 atom stereocenters. The molecular weight excluding hydrogens is 384 g/mol. The van der Waals surface area contributed by atoms with Crippen LogP contribution in [0.5, 0.6) is 5.75 Å². The van der Waals surface area contributed by atoms with Gasteiger partial charge in [0.25, 0.3) is 0 Å². The second-order valence-corrected chi connectivity index (χ2v) is 6.48. The Balaban J connectivity index is 1.63. The summed E-state index contributed by atoms with van der Waals surface area (Å²) in [5, 5.41) is 17.4. The van der Waals surface area contributed by atoms with Crippen LogP contribution in [0, 0.1) is 17.0 Å². The number of halogens is 2. The normalized spacial score (nSPS) is 11.1. The van der Waals surface area contributed by atoms with Gasteiger partial charge in [-0.05, 0) is 30.0 Å². The van der Waals surface area contributed by atoms with E-state index in [1.165, 1.54) is 28.9 Å². The molecule has 3 aromatic rings. The molecule has 3 rings (SSSR count). The van der Waals surface area contributed by atoms with Gasteiger partial charge in [-0.25, -0.2) is 4.98 Å². The van der Waals surface area contributed by atoms with E-state index in [0.29, 0.717) is 21.0 Å². The third kappa shape index (κ3) is 4.53. The molecule has 1 amide bonds. The molecule has 142 valence electrons. The first-order valence-corrected chi connectivity index (χ1v) is 8.47. The maximum atomic E-state index is 12.3. The van der Waals surface area contributed by atoms with E-state index in [2.05, 4.69) is 20.1 Å². The van der Waals surface area contributed by atoms with Crippen LogP contribution in [0.4, 0.5) is 19.7 Å². The highest BCUT2D eigenvalue weighted by Crippen LogP contribution is 2.30. The van der Waals surface area contributed by atoms with Crippen LogP contribution < -0.4 is 10.1 Å². The van der Waals surface area contributed by atoms with Gasteiger partial charge < -0.3 is 20.2 Å². The number of nitrogens with zero attached hydrogens (tertiary/aromatic N) is 4. The Kier molecular flexibility index (Phi) is 5.26. The third-order valence-electron chi connectivity index (χ3n) is 3.54. The van der Waals surface area contributed by atoms with Crippen LogP contribution in [0.25, 0.3) is 10.2 Å². The molecule has 1 N–H and O–H groups in total. The Hall–Kier alpha value is -3.15. The fraction of sp³-hybridized carbons (Fsp3) is 0.267. The van der Waals surface area contributed by atoms with Crippen LogP contribution >= 0.6 is 11.3 Å². The summed E-state index contributed by atoms with van der Waals surface area (Å²) in [6.45, 7) is -1.09. The highest BCUT2D eigenvalue weighted by molar-refractivity contribution is 7.22. The molecule has 0 aliphatic heterocycles. The molecule has 0 aliphatic rings. The van der Waals surface area contributed by atoms with E-state index >= 15 is 0 Å². The van der Waals surface area contributed by atoms with Gasteiger partial charge in [0, 0.05) is 6.42 Å². The maximum absolute atomic E-state index is 12.3. The number of carbonyl (C=O) groups excluding carboxylic acids is 1. The SMILES string of the molecule is Cc1cc([N+](=O)[O-])nn1CCC(=O)Nc1nc2ccc(OC(F)F)cc2s1. The number of amides is 1. The standard InChI is InChI=1S/C15H13F2N5O4S/c1-8-6-12(22(24)25)20-21(8)5-4-13(23)19-15-18-10-3-2-9(26-14(16)17)7-11(10)27-15/h2-3,6-7,14H,4-5H2,1H3,(H,18,19,23). The number of aryl methyl sites for hydroxylation is 2. The Labute approximate surface area is 154 Å². The van der Waals surface area contributed by atoms with Crippen LogP contribution in [0.3, 0.4) is 0 Å². The predicted octanol–water partition coefficient (Wildman–Crippen LogP) is 3.34. The minimum absolute atomic E-state index is 0.00905. The van der Waals surface area contributed by atoms with Gasteiger partial charge >= 0.3 is 12.4 Å². The van der Waals surface area contributed by atoms with Crippen molar-refractivity contribution in [3.63, 3.8) is 0 Å². The molecule has 2 heterocycles. The third-order valence-corrected chi connectivity index (χ3v) is 4.47. The Bertz CT molecular complexity index is 1000. The van der Waals surface area contributed by atoms with E-state index in [4.69, 9.17) is 0 Å². The molecule has 2 aromatic heterocycles. The molecule has 0 fully saturated rings. The van der Waals surface area contributed by atoms with Crippen molar-refractivity contribution in [3.8, 4) is 5.75 Å². The van der Waals surface area contributed by atoms with E-state index in [-0.39, 0.29) is 30.4 Å².